The SMILES string of the molecule is CC(=O)NC(CS(=O)(=O)C1CC(C)(C)OC1(C)C)C(=O)O. The van der Waals surface area contributed by atoms with E-state index in [9.17, 15) is 18.0 Å². The lowest BCUT2D eigenvalue weighted by molar-refractivity contribution is -0.140. The lowest BCUT2D eigenvalue weighted by Gasteiger charge is -2.27. The molecule has 0 radical (unpaired) electrons. The quantitative estimate of drug-likeness (QED) is 0.755. The second-order valence-electron chi connectivity index (χ2n) is 6.58. The highest BCUT2D eigenvalue weighted by molar-refractivity contribution is 7.92. The number of ether oxygens (including phenoxy) is 1. The molecule has 1 fully saturated rings. The number of sulfone groups is 1. The van der Waals surface area contributed by atoms with Crippen LogP contribution in [0.2, 0.25) is 0 Å². The first-order valence-electron chi connectivity index (χ1n) is 6.68. The summed E-state index contributed by atoms with van der Waals surface area (Å²) in [6.07, 6.45) is 0.286. The lowest BCUT2D eigenvalue weighted by atomic mass is 10.0. The summed E-state index contributed by atoms with van der Waals surface area (Å²) >= 11 is 0. The summed E-state index contributed by atoms with van der Waals surface area (Å²) in [5, 5.41) is 10.4. The number of nitrogens with one attached hydrogen (secondary N) is 1. The van der Waals surface area contributed by atoms with Crippen LogP contribution in [0.15, 0.2) is 0 Å². The Morgan fingerprint density at radius 3 is 2.19 bits per heavy atom. The van der Waals surface area contributed by atoms with Crippen LogP contribution in [0.25, 0.3) is 0 Å². The molecule has 2 N–H and O–H groups in total. The highest BCUT2D eigenvalue weighted by atomic mass is 32.2. The van der Waals surface area contributed by atoms with Crippen LogP contribution in [-0.4, -0.2) is 53.6 Å². The van der Waals surface area contributed by atoms with Gasteiger partial charge in [-0.1, -0.05) is 0 Å². The topological polar surface area (TPSA) is 110 Å². The summed E-state index contributed by atoms with van der Waals surface area (Å²) < 4.78 is 30.8. The first kappa shape index (κ1) is 17.9. The van der Waals surface area contributed by atoms with Crippen molar-refractivity contribution in [2.75, 3.05) is 5.75 Å². The van der Waals surface area contributed by atoms with Gasteiger partial charge in [0.25, 0.3) is 0 Å². The molecule has 0 saturated carbocycles. The molecule has 8 heteroatoms. The monoisotopic (exact) mass is 321 g/mol. The Hall–Kier alpha value is -1.15. The summed E-state index contributed by atoms with van der Waals surface area (Å²) in [6, 6.07) is -1.45. The zero-order valence-corrected chi connectivity index (χ0v) is 13.8. The predicted molar refractivity (Wildman–Crippen MR) is 76.7 cm³/mol. The first-order valence-corrected chi connectivity index (χ1v) is 8.40. The van der Waals surface area contributed by atoms with Gasteiger partial charge >= 0.3 is 5.97 Å². The Bertz CT molecular complexity index is 537. The summed E-state index contributed by atoms with van der Waals surface area (Å²) in [5.74, 6) is -2.60. The van der Waals surface area contributed by atoms with E-state index in [-0.39, 0.29) is 6.42 Å². The van der Waals surface area contributed by atoms with E-state index in [1.165, 1.54) is 0 Å². The maximum Gasteiger partial charge on any atom is 0.327 e. The van der Waals surface area contributed by atoms with Gasteiger partial charge in [-0.2, -0.15) is 0 Å². The van der Waals surface area contributed by atoms with Crippen molar-refractivity contribution < 1.29 is 27.9 Å². The van der Waals surface area contributed by atoms with Crippen molar-refractivity contribution in [2.24, 2.45) is 0 Å². The van der Waals surface area contributed by atoms with Crippen molar-refractivity contribution in [3.05, 3.63) is 0 Å². The van der Waals surface area contributed by atoms with Gasteiger partial charge in [0.1, 0.15) is 6.04 Å². The van der Waals surface area contributed by atoms with Crippen LogP contribution in [0.1, 0.15) is 41.0 Å². The lowest BCUT2D eigenvalue weighted by Crippen LogP contribution is -2.49. The summed E-state index contributed by atoms with van der Waals surface area (Å²) in [4.78, 5) is 22.1. The minimum atomic E-state index is -3.75. The van der Waals surface area contributed by atoms with Crippen molar-refractivity contribution in [3.63, 3.8) is 0 Å². The van der Waals surface area contributed by atoms with Gasteiger partial charge in [0.2, 0.25) is 5.91 Å². The molecule has 0 bridgehead atoms. The number of hydrogen-bond donors (Lipinski definition) is 2. The fourth-order valence-corrected chi connectivity index (χ4v) is 5.33. The molecule has 1 amide bonds. The van der Waals surface area contributed by atoms with Gasteiger partial charge in [-0.05, 0) is 34.1 Å². The third kappa shape index (κ3) is 4.41. The van der Waals surface area contributed by atoms with Crippen LogP contribution in [0.3, 0.4) is 0 Å². The molecule has 1 rings (SSSR count). The molecule has 1 saturated heterocycles. The van der Waals surface area contributed by atoms with Gasteiger partial charge in [0.15, 0.2) is 9.84 Å². The van der Waals surface area contributed by atoms with E-state index in [0.29, 0.717) is 0 Å². The molecule has 1 aliphatic heterocycles. The van der Waals surface area contributed by atoms with Gasteiger partial charge in [-0.25, -0.2) is 13.2 Å². The number of carboxylic acid groups (broad SMARTS) is 1. The van der Waals surface area contributed by atoms with E-state index in [2.05, 4.69) is 5.32 Å². The largest absolute Gasteiger partial charge is 0.480 e. The number of carbonyl (C=O) groups is 2. The predicted octanol–water partition coefficient (Wildman–Crippen LogP) is 0.337. The molecule has 1 aliphatic rings. The maximum atomic E-state index is 12.5. The zero-order valence-electron chi connectivity index (χ0n) is 13.0. The first-order chi connectivity index (χ1) is 9.27. The number of aliphatic carboxylic acids is 1. The molecule has 2 atom stereocenters. The van der Waals surface area contributed by atoms with E-state index in [1.54, 1.807) is 27.7 Å². The fourth-order valence-electron chi connectivity index (χ4n) is 2.84. The third-order valence-corrected chi connectivity index (χ3v) is 5.90. The molecule has 0 spiro atoms. The molecule has 7 nitrogen and oxygen atoms in total. The van der Waals surface area contributed by atoms with E-state index in [1.807, 2.05) is 0 Å². The van der Waals surface area contributed by atoms with Crippen molar-refractivity contribution in [1.82, 2.24) is 5.32 Å². The van der Waals surface area contributed by atoms with Crippen LogP contribution in [0, 0.1) is 0 Å². The third-order valence-electron chi connectivity index (χ3n) is 3.50. The summed E-state index contributed by atoms with van der Waals surface area (Å²) in [5.41, 5.74) is -1.49. The van der Waals surface area contributed by atoms with Crippen LogP contribution in [0.5, 0.6) is 0 Å². The van der Waals surface area contributed by atoms with Crippen molar-refractivity contribution >= 4 is 21.7 Å². The molecule has 0 aromatic rings. The van der Waals surface area contributed by atoms with Crippen molar-refractivity contribution in [2.45, 2.75) is 63.5 Å². The number of carbonyl (C=O) groups excluding carboxylic acids is 1. The van der Waals surface area contributed by atoms with E-state index < -0.39 is 50.0 Å². The van der Waals surface area contributed by atoms with E-state index >= 15 is 0 Å². The number of carboxylic acids is 1. The second-order valence-corrected chi connectivity index (χ2v) is 8.81. The van der Waals surface area contributed by atoms with Crippen LogP contribution in [-0.2, 0) is 24.2 Å². The molecule has 21 heavy (non-hydrogen) atoms. The fraction of sp³-hybridized carbons (Fsp3) is 0.846. The van der Waals surface area contributed by atoms with E-state index in [4.69, 9.17) is 9.84 Å². The minimum Gasteiger partial charge on any atom is -0.480 e. The molecule has 122 valence electrons. The standard InChI is InChI=1S/C13H23NO6S/c1-8(15)14-9(11(16)17)7-21(18,19)10-6-12(2,3)20-13(10,4)5/h9-10H,6-7H2,1-5H3,(H,14,15)(H,16,17). The summed E-state index contributed by atoms with van der Waals surface area (Å²) in [7, 11) is -3.75. The molecule has 2 unspecified atom stereocenters. The van der Waals surface area contributed by atoms with Crippen molar-refractivity contribution in [3.8, 4) is 0 Å². The number of hydrogen-bond acceptors (Lipinski definition) is 5. The highest BCUT2D eigenvalue weighted by Crippen LogP contribution is 2.41. The van der Waals surface area contributed by atoms with Gasteiger partial charge in [-0.15, -0.1) is 0 Å². The van der Waals surface area contributed by atoms with Crippen molar-refractivity contribution in [1.29, 1.82) is 0 Å². The Balaban J connectivity index is 3.00. The average molecular weight is 321 g/mol. The molecule has 1 heterocycles. The highest BCUT2D eigenvalue weighted by Gasteiger charge is 2.52. The molecular weight excluding hydrogens is 298 g/mol. The van der Waals surface area contributed by atoms with E-state index in [0.717, 1.165) is 6.92 Å². The molecular formula is C13H23NO6S. The van der Waals surface area contributed by atoms with Gasteiger partial charge in [-0.3, -0.25) is 4.79 Å². The zero-order chi connectivity index (χ0) is 16.6. The Morgan fingerprint density at radius 2 is 1.86 bits per heavy atom. The number of amides is 1. The second kappa shape index (κ2) is 5.57. The Kier molecular flexibility index (Phi) is 4.74. The van der Waals surface area contributed by atoms with Crippen LogP contribution >= 0.6 is 0 Å². The number of rotatable bonds is 5. The van der Waals surface area contributed by atoms with Gasteiger partial charge in [0.05, 0.1) is 22.2 Å². The average Bonchev–Trinajstić information content (AvgIpc) is 2.45. The smallest absolute Gasteiger partial charge is 0.327 e. The maximum absolute atomic E-state index is 12.5. The summed E-state index contributed by atoms with van der Waals surface area (Å²) in [6.45, 7) is 8.10. The molecule has 0 aliphatic carbocycles. The minimum absolute atomic E-state index is 0.286. The Labute approximate surface area is 125 Å². The van der Waals surface area contributed by atoms with Crippen LogP contribution in [0.4, 0.5) is 0 Å². The normalized spacial score (nSPS) is 25.3. The van der Waals surface area contributed by atoms with Crippen LogP contribution < -0.4 is 5.32 Å². The molecule has 0 aromatic carbocycles. The Morgan fingerprint density at radius 1 is 1.33 bits per heavy atom. The van der Waals surface area contributed by atoms with Gasteiger partial charge < -0.3 is 15.2 Å². The molecule has 0 aromatic heterocycles. The van der Waals surface area contributed by atoms with Gasteiger partial charge in [0, 0.05) is 6.92 Å².